The predicted molar refractivity (Wildman–Crippen MR) is 115 cm³/mol. The number of rotatable bonds is 9. The molecule has 0 unspecified atom stereocenters. The lowest BCUT2D eigenvalue weighted by atomic mass is 10.1. The molecule has 4 rings (SSSR count). The maximum atomic E-state index is 12.9. The van der Waals surface area contributed by atoms with Gasteiger partial charge in [-0.1, -0.05) is 17.7 Å². The fraction of sp³-hybridized carbons (Fsp3) is 0.217. The Morgan fingerprint density at radius 1 is 1.06 bits per heavy atom. The van der Waals surface area contributed by atoms with Crippen LogP contribution in [0.3, 0.4) is 0 Å². The first-order valence-corrected chi connectivity index (χ1v) is 10.8. The summed E-state index contributed by atoms with van der Waals surface area (Å²) in [5, 5.41) is 10.6. The van der Waals surface area contributed by atoms with E-state index >= 15 is 0 Å². The molecule has 0 aliphatic heterocycles. The Labute approximate surface area is 187 Å². The number of nitrogens with zero attached hydrogens (tertiary/aromatic N) is 3. The van der Waals surface area contributed by atoms with E-state index < -0.39 is 0 Å². The fourth-order valence-corrected chi connectivity index (χ4v) is 3.45. The summed E-state index contributed by atoms with van der Waals surface area (Å²) in [7, 11) is 0. The van der Waals surface area contributed by atoms with Gasteiger partial charge in [-0.25, -0.2) is 9.37 Å². The average molecular weight is 453 g/mol. The molecule has 0 aliphatic rings. The number of hydrogen-bond donors (Lipinski definition) is 0. The van der Waals surface area contributed by atoms with Crippen LogP contribution in [0.2, 0.25) is 0 Å². The molecular weight excluding hydrogens is 433 g/mol. The van der Waals surface area contributed by atoms with Crippen LogP contribution in [0.25, 0.3) is 11.5 Å². The number of thiazole rings is 1. The van der Waals surface area contributed by atoms with Gasteiger partial charge < -0.3 is 13.9 Å². The minimum Gasteiger partial charge on any atom is -0.486 e. The van der Waals surface area contributed by atoms with E-state index in [2.05, 4.69) is 15.2 Å². The van der Waals surface area contributed by atoms with Crippen LogP contribution in [0.4, 0.5) is 4.39 Å². The first-order valence-electron chi connectivity index (χ1n) is 9.92. The highest BCUT2D eigenvalue weighted by molar-refractivity contribution is 7.09. The van der Waals surface area contributed by atoms with E-state index in [0.717, 1.165) is 16.1 Å². The van der Waals surface area contributed by atoms with E-state index in [0.29, 0.717) is 29.6 Å². The fourth-order valence-electron chi connectivity index (χ4n) is 2.76. The zero-order valence-corrected chi connectivity index (χ0v) is 18.1. The largest absolute Gasteiger partial charge is 0.486 e. The second kappa shape index (κ2) is 10.1. The normalized spacial score (nSPS) is 10.8. The number of aromatic nitrogens is 3. The van der Waals surface area contributed by atoms with Gasteiger partial charge in [0.2, 0.25) is 11.8 Å². The van der Waals surface area contributed by atoms with Gasteiger partial charge >= 0.3 is 5.97 Å². The number of carbonyl (C=O) groups excluding carboxylic acids is 1. The number of aryl methyl sites for hydroxylation is 2. The highest BCUT2D eigenvalue weighted by atomic mass is 32.1. The van der Waals surface area contributed by atoms with E-state index in [9.17, 15) is 9.18 Å². The van der Waals surface area contributed by atoms with Crippen LogP contribution in [0.15, 0.2) is 58.3 Å². The van der Waals surface area contributed by atoms with Crippen LogP contribution < -0.4 is 4.74 Å². The van der Waals surface area contributed by atoms with Crippen molar-refractivity contribution >= 4 is 17.3 Å². The molecule has 7 nitrogen and oxygen atoms in total. The summed E-state index contributed by atoms with van der Waals surface area (Å²) < 4.78 is 29.4. The molecule has 0 amide bonds. The Morgan fingerprint density at radius 2 is 1.84 bits per heavy atom. The van der Waals surface area contributed by atoms with E-state index in [4.69, 9.17) is 13.9 Å². The number of carbonyl (C=O) groups is 1. The van der Waals surface area contributed by atoms with Gasteiger partial charge in [0.15, 0.2) is 0 Å². The molecule has 32 heavy (non-hydrogen) atoms. The topological polar surface area (TPSA) is 87.3 Å². The molecule has 2 aromatic heterocycles. The van der Waals surface area contributed by atoms with Crippen LogP contribution in [0, 0.1) is 12.7 Å². The lowest BCUT2D eigenvalue weighted by Gasteiger charge is -2.03. The number of hydrogen-bond acceptors (Lipinski definition) is 8. The van der Waals surface area contributed by atoms with Gasteiger partial charge in [0.05, 0.1) is 12.1 Å². The molecule has 0 atom stereocenters. The minimum atomic E-state index is -0.378. The van der Waals surface area contributed by atoms with Gasteiger partial charge in [0.1, 0.15) is 29.8 Å². The average Bonchev–Trinajstić information content (AvgIpc) is 3.46. The van der Waals surface area contributed by atoms with Crippen molar-refractivity contribution < 1.29 is 23.1 Å². The number of ether oxygens (including phenoxy) is 2. The quantitative estimate of drug-likeness (QED) is 0.333. The van der Waals surface area contributed by atoms with E-state index in [-0.39, 0.29) is 31.4 Å². The first-order chi connectivity index (χ1) is 15.5. The van der Waals surface area contributed by atoms with Crippen LogP contribution in [-0.2, 0) is 29.2 Å². The highest BCUT2D eigenvalue weighted by Gasteiger charge is 2.12. The highest BCUT2D eigenvalue weighted by Crippen LogP contribution is 2.19. The zero-order chi connectivity index (χ0) is 22.3. The Morgan fingerprint density at radius 3 is 2.62 bits per heavy atom. The Hall–Kier alpha value is -3.59. The molecule has 0 fully saturated rings. The summed E-state index contributed by atoms with van der Waals surface area (Å²) in [6.07, 6.45) is 0.422. The first kappa shape index (κ1) is 21.6. The Bertz CT molecular complexity index is 1170. The second-order valence-electron chi connectivity index (χ2n) is 7.00. The van der Waals surface area contributed by atoms with Crippen molar-refractivity contribution in [2.75, 3.05) is 0 Å². The summed E-state index contributed by atoms with van der Waals surface area (Å²) in [5.41, 5.74) is 2.61. The molecule has 2 aromatic carbocycles. The van der Waals surface area contributed by atoms with Crippen molar-refractivity contribution in [1.82, 2.24) is 15.2 Å². The molecule has 0 saturated heterocycles. The maximum Gasteiger partial charge on any atom is 0.306 e. The second-order valence-corrected chi connectivity index (χ2v) is 7.95. The van der Waals surface area contributed by atoms with Crippen molar-refractivity contribution in [3.63, 3.8) is 0 Å². The summed E-state index contributed by atoms with van der Waals surface area (Å²) >= 11 is 1.40. The molecule has 0 bridgehead atoms. The summed E-state index contributed by atoms with van der Waals surface area (Å²) in [6.45, 7) is 2.33. The van der Waals surface area contributed by atoms with Crippen LogP contribution >= 0.6 is 11.3 Å². The van der Waals surface area contributed by atoms with E-state index in [1.807, 2.05) is 36.6 Å². The lowest BCUT2D eigenvalue weighted by molar-refractivity contribution is -0.145. The summed E-state index contributed by atoms with van der Waals surface area (Å²) in [5.74, 6) is 0.664. The molecule has 164 valence electrons. The van der Waals surface area contributed by atoms with Gasteiger partial charge in [-0.15, -0.1) is 21.5 Å². The smallest absolute Gasteiger partial charge is 0.306 e. The SMILES string of the molecule is Cc1ccc(-c2nnc(CCC(=O)OCc3csc(COc4ccc(F)cc4)n3)o2)cc1. The maximum absolute atomic E-state index is 12.9. The zero-order valence-electron chi connectivity index (χ0n) is 17.3. The molecular formula is C23H20FN3O4S. The van der Waals surface area contributed by atoms with Gasteiger partial charge in [0, 0.05) is 17.4 Å². The monoisotopic (exact) mass is 453 g/mol. The van der Waals surface area contributed by atoms with Crippen molar-refractivity contribution in [2.24, 2.45) is 0 Å². The molecule has 0 aliphatic carbocycles. The van der Waals surface area contributed by atoms with Crippen molar-refractivity contribution in [1.29, 1.82) is 0 Å². The molecule has 0 radical (unpaired) electrons. The predicted octanol–water partition coefficient (Wildman–Crippen LogP) is 4.90. The number of halogens is 1. The third-order valence-corrected chi connectivity index (χ3v) is 5.34. The molecule has 9 heteroatoms. The van der Waals surface area contributed by atoms with Gasteiger partial charge in [-0.05, 0) is 43.3 Å². The van der Waals surface area contributed by atoms with E-state index in [1.54, 1.807) is 12.1 Å². The molecule has 2 heterocycles. The Balaban J connectivity index is 1.20. The standard InChI is InChI=1S/C23H20FN3O4S/c1-15-2-4-16(5-3-15)23-27-26-20(31-23)10-11-22(28)30-12-18-14-32-21(25-18)13-29-19-8-6-17(24)7-9-19/h2-9,14H,10-13H2,1H3. The Kier molecular flexibility index (Phi) is 6.86. The van der Waals surface area contributed by atoms with Crippen molar-refractivity contribution in [3.05, 3.63) is 81.9 Å². The van der Waals surface area contributed by atoms with Gasteiger partial charge in [0.25, 0.3) is 0 Å². The van der Waals surface area contributed by atoms with E-state index in [1.165, 1.54) is 23.5 Å². The van der Waals surface area contributed by atoms with Crippen molar-refractivity contribution in [3.8, 4) is 17.2 Å². The van der Waals surface area contributed by atoms with Crippen LogP contribution in [0.5, 0.6) is 5.75 Å². The summed E-state index contributed by atoms with van der Waals surface area (Å²) in [6, 6.07) is 13.5. The lowest BCUT2D eigenvalue weighted by Crippen LogP contribution is -2.06. The van der Waals surface area contributed by atoms with Crippen molar-refractivity contribution in [2.45, 2.75) is 33.0 Å². The number of esters is 1. The summed E-state index contributed by atoms with van der Waals surface area (Å²) in [4.78, 5) is 16.4. The minimum absolute atomic E-state index is 0.0737. The number of benzene rings is 2. The third-order valence-electron chi connectivity index (χ3n) is 4.46. The van der Waals surface area contributed by atoms with Crippen LogP contribution in [0.1, 0.15) is 28.6 Å². The van der Waals surface area contributed by atoms with Crippen LogP contribution in [-0.4, -0.2) is 21.2 Å². The van der Waals surface area contributed by atoms with Gasteiger partial charge in [-0.3, -0.25) is 4.79 Å². The molecule has 0 spiro atoms. The molecule has 0 N–H and O–H groups in total. The third kappa shape index (κ3) is 5.98. The molecule has 0 saturated carbocycles. The molecule has 4 aromatic rings. The van der Waals surface area contributed by atoms with Gasteiger partial charge in [-0.2, -0.15) is 0 Å².